The number of carbonyl (C=O) groups is 1. The first-order valence-corrected chi connectivity index (χ1v) is 6.52. The molecular weight excluding hydrogens is 224 g/mol. The fourth-order valence-corrected chi connectivity index (χ4v) is 1.92. The topological polar surface area (TPSA) is 46.3 Å². The van der Waals surface area contributed by atoms with Crippen LogP contribution >= 0.6 is 0 Å². The van der Waals surface area contributed by atoms with Crippen molar-refractivity contribution in [2.45, 2.75) is 26.8 Å². The lowest BCUT2D eigenvalue weighted by Gasteiger charge is -2.23. The summed E-state index contributed by atoms with van der Waals surface area (Å²) in [6.45, 7) is 5.46. The zero-order chi connectivity index (χ0) is 13.5. The molecule has 3 heteroatoms. The molecule has 1 atom stereocenters. The number of carbonyl (C=O) groups excluding carboxylic acids is 1. The molecule has 1 aromatic rings. The first kappa shape index (κ1) is 14.7. The molecule has 2 N–H and O–H groups in total. The number of hydrogen-bond donors (Lipinski definition) is 1. The van der Waals surface area contributed by atoms with Crippen LogP contribution in [0.3, 0.4) is 0 Å². The van der Waals surface area contributed by atoms with Gasteiger partial charge in [0.2, 0.25) is 5.91 Å². The van der Waals surface area contributed by atoms with E-state index in [9.17, 15) is 4.79 Å². The second kappa shape index (κ2) is 7.17. The Balaban J connectivity index is 2.51. The highest BCUT2D eigenvalue weighted by molar-refractivity contribution is 5.76. The van der Waals surface area contributed by atoms with E-state index in [0.29, 0.717) is 25.4 Å². The minimum atomic E-state index is 0.169. The van der Waals surface area contributed by atoms with Crippen LogP contribution in [0.25, 0.3) is 0 Å². The Morgan fingerprint density at radius 2 is 1.89 bits per heavy atom. The predicted octanol–water partition coefficient (Wildman–Crippen LogP) is 2.27. The lowest BCUT2D eigenvalue weighted by atomic mass is 9.92. The van der Waals surface area contributed by atoms with Gasteiger partial charge in [-0.25, -0.2) is 0 Å². The van der Waals surface area contributed by atoms with Crippen molar-refractivity contribution in [2.24, 2.45) is 17.6 Å². The molecule has 0 saturated carbocycles. The molecule has 1 unspecified atom stereocenters. The van der Waals surface area contributed by atoms with E-state index in [0.717, 1.165) is 5.56 Å². The molecule has 0 radical (unpaired) electrons. The van der Waals surface area contributed by atoms with E-state index >= 15 is 0 Å². The van der Waals surface area contributed by atoms with Crippen LogP contribution in [0.15, 0.2) is 30.3 Å². The van der Waals surface area contributed by atoms with Gasteiger partial charge in [-0.1, -0.05) is 44.2 Å². The van der Waals surface area contributed by atoms with Crippen LogP contribution in [-0.2, 0) is 11.3 Å². The lowest BCUT2D eigenvalue weighted by molar-refractivity contribution is -0.131. The standard InChI is InChI=1S/C15H24N2O/c1-12(2)14(10-16)9-15(18)17(3)11-13-7-5-4-6-8-13/h4-8,12,14H,9-11,16H2,1-3H3. The van der Waals surface area contributed by atoms with Crippen LogP contribution in [0.2, 0.25) is 0 Å². The van der Waals surface area contributed by atoms with Gasteiger partial charge in [0.25, 0.3) is 0 Å². The molecule has 0 fully saturated rings. The van der Waals surface area contributed by atoms with Crippen LogP contribution in [0, 0.1) is 11.8 Å². The Bertz CT molecular complexity index is 362. The zero-order valence-corrected chi connectivity index (χ0v) is 11.6. The summed E-state index contributed by atoms with van der Waals surface area (Å²) >= 11 is 0. The van der Waals surface area contributed by atoms with Crippen LogP contribution in [-0.4, -0.2) is 24.4 Å². The van der Waals surface area contributed by atoms with Crippen LogP contribution < -0.4 is 5.73 Å². The van der Waals surface area contributed by atoms with Crippen molar-refractivity contribution in [3.8, 4) is 0 Å². The summed E-state index contributed by atoms with van der Waals surface area (Å²) in [7, 11) is 1.85. The molecule has 0 saturated heterocycles. The summed E-state index contributed by atoms with van der Waals surface area (Å²) in [5.74, 6) is 0.891. The van der Waals surface area contributed by atoms with Gasteiger partial charge in [-0.3, -0.25) is 4.79 Å². The fourth-order valence-electron chi connectivity index (χ4n) is 1.92. The van der Waals surface area contributed by atoms with Crippen molar-refractivity contribution in [1.82, 2.24) is 4.90 Å². The molecular formula is C15H24N2O. The zero-order valence-electron chi connectivity index (χ0n) is 11.6. The molecule has 0 bridgehead atoms. The smallest absolute Gasteiger partial charge is 0.222 e. The van der Waals surface area contributed by atoms with Crippen molar-refractivity contribution in [3.05, 3.63) is 35.9 Å². The monoisotopic (exact) mass is 248 g/mol. The molecule has 18 heavy (non-hydrogen) atoms. The van der Waals surface area contributed by atoms with Gasteiger partial charge in [0, 0.05) is 20.0 Å². The van der Waals surface area contributed by atoms with Crippen molar-refractivity contribution in [2.75, 3.05) is 13.6 Å². The van der Waals surface area contributed by atoms with Crippen LogP contribution in [0.5, 0.6) is 0 Å². The summed E-state index contributed by atoms with van der Waals surface area (Å²) in [5.41, 5.74) is 6.86. The molecule has 0 aliphatic heterocycles. The maximum Gasteiger partial charge on any atom is 0.222 e. The van der Waals surface area contributed by atoms with Gasteiger partial charge in [0.15, 0.2) is 0 Å². The fraction of sp³-hybridized carbons (Fsp3) is 0.533. The van der Waals surface area contributed by atoms with E-state index in [4.69, 9.17) is 5.73 Å². The third-order valence-corrected chi connectivity index (χ3v) is 3.37. The minimum Gasteiger partial charge on any atom is -0.341 e. The molecule has 0 aliphatic rings. The summed E-state index contributed by atoms with van der Waals surface area (Å²) in [6, 6.07) is 10.0. The molecule has 3 nitrogen and oxygen atoms in total. The highest BCUT2D eigenvalue weighted by Gasteiger charge is 2.18. The van der Waals surface area contributed by atoms with Gasteiger partial charge in [-0.2, -0.15) is 0 Å². The SMILES string of the molecule is CC(C)C(CN)CC(=O)N(C)Cc1ccccc1. The van der Waals surface area contributed by atoms with E-state index < -0.39 is 0 Å². The van der Waals surface area contributed by atoms with E-state index in [1.165, 1.54) is 0 Å². The van der Waals surface area contributed by atoms with E-state index in [2.05, 4.69) is 13.8 Å². The van der Waals surface area contributed by atoms with Gasteiger partial charge in [0.05, 0.1) is 0 Å². The Labute approximate surface area is 110 Å². The van der Waals surface area contributed by atoms with E-state index in [1.807, 2.05) is 37.4 Å². The molecule has 0 aliphatic carbocycles. The van der Waals surface area contributed by atoms with Crippen molar-refractivity contribution >= 4 is 5.91 Å². The molecule has 1 aromatic carbocycles. The first-order valence-electron chi connectivity index (χ1n) is 6.52. The van der Waals surface area contributed by atoms with Crippen molar-refractivity contribution in [1.29, 1.82) is 0 Å². The summed E-state index contributed by atoms with van der Waals surface area (Å²) < 4.78 is 0. The number of nitrogens with two attached hydrogens (primary N) is 1. The number of nitrogens with zero attached hydrogens (tertiary/aromatic N) is 1. The first-order chi connectivity index (χ1) is 8.54. The molecule has 0 aromatic heterocycles. The largest absolute Gasteiger partial charge is 0.341 e. The number of hydrogen-bond acceptors (Lipinski definition) is 2. The van der Waals surface area contributed by atoms with Gasteiger partial charge < -0.3 is 10.6 Å². The van der Waals surface area contributed by atoms with Gasteiger partial charge in [-0.15, -0.1) is 0 Å². The average molecular weight is 248 g/mol. The Hall–Kier alpha value is -1.35. The van der Waals surface area contributed by atoms with E-state index in [1.54, 1.807) is 4.90 Å². The van der Waals surface area contributed by atoms with Crippen molar-refractivity contribution < 1.29 is 4.79 Å². The third-order valence-electron chi connectivity index (χ3n) is 3.37. The molecule has 1 rings (SSSR count). The average Bonchev–Trinajstić information content (AvgIpc) is 2.36. The Kier molecular flexibility index (Phi) is 5.86. The summed E-state index contributed by atoms with van der Waals surface area (Å²) in [4.78, 5) is 13.9. The van der Waals surface area contributed by atoms with Gasteiger partial charge in [-0.05, 0) is 23.9 Å². The highest BCUT2D eigenvalue weighted by atomic mass is 16.2. The Morgan fingerprint density at radius 1 is 1.28 bits per heavy atom. The molecule has 0 spiro atoms. The second-order valence-electron chi connectivity index (χ2n) is 5.18. The van der Waals surface area contributed by atoms with Gasteiger partial charge in [0.1, 0.15) is 0 Å². The normalized spacial score (nSPS) is 12.5. The maximum atomic E-state index is 12.1. The maximum absolute atomic E-state index is 12.1. The third kappa shape index (κ3) is 4.49. The highest BCUT2D eigenvalue weighted by Crippen LogP contribution is 2.15. The molecule has 100 valence electrons. The number of amides is 1. The Morgan fingerprint density at radius 3 is 2.39 bits per heavy atom. The van der Waals surface area contributed by atoms with Crippen molar-refractivity contribution in [3.63, 3.8) is 0 Å². The van der Waals surface area contributed by atoms with Crippen LogP contribution in [0.1, 0.15) is 25.8 Å². The lowest BCUT2D eigenvalue weighted by Crippen LogP contribution is -2.31. The number of benzene rings is 1. The van der Waals surface area contributed by atoms with Gasteiger partial charge >= 0.3 is 0 Å². The quantitative estimate of drug-likeness (QED) is 0.839. The number of rotatable bonds is 6. The van der Waals surface area contributed by atoms with Crippen LogP contribution in [0.4, 0.5) is 0 Å². The van der Waals surface area contributed by atoms with E-state index in [-0.39, 0.29) is 11.8 Å². The molecule has 1 amide bonds. The predicted molar refractivity (Wildman–Crippen MR) is 74.9 cm³/mol. The minimum absolute atomic E-state index is 0.169. The molecule has 0 heterocycles. The summed E-state index contributed by atoms with van der Waals surface area (Å²) in [6.07, 6.45) is 0.539. The second-order valence-corrected chi connectivity index (χ2v) is 5.18. The summed E-state index contributed by atoms with van der Waals surface area (Å²) in [5, 5.41) is 0.